The minimum atomic E-state index is -0.508. The van der Waals surface area contributed by atoms with E-state index in [-0.39, 0.29) is 6.10 Å². The third-order valence-corrected chi connectivity index (χ3v) is 3.68. The van der Waals surface area contributed by atoms with Crippen molar-refractivity contribution in [2.75, 3.05) is 6.61 Å². The lowest BCUT2D eigenvalue weighted by Gasteiger charge is -2.27. The molecule has 4 heteroatoms. The number of aliphatic hydroxyl groups is 1. The number of ether oxygens (including phenoxy) is 1. The van der Waals surface area contributed by atoms with Crippen LogP contribution in [0, 0.1) is 0 Å². The first-order valence-electron chi connectivity index (χ1n) is 5.90. The van der Waals surface area contributed by atoms with Crippen LogP contribution in [0.15, 0.2) is 18.2 Å². The van der Waals surface area contributed by atoms with E-state index in [1.165, 1.54) is 0 Å². The van der Waals surface area contributed by atoms with E-state index < -0.39 is 6.10 Å². The van der Waals surface area contributed by atoms with Crippen LogP contribution in [0.4, 0.5) is 0 Å². The van der Waals surface area contributed by atoms with E-state index in [2.05, 4.69) is 0 Å². The summed E-state index contributed by atoms with van der Waals surface area (Å²) in [5.74, 6) is 0. The topological polar surface area (TPSA) is 29.5 Å². The molecule has 2 rings (SSSR count). The van der Waals surface area contributed by atoms with Crippen molar-refractivity contribution >= 4 is 23.2 Å². The van der Waals surface area contributed by atoms with Gasteiger partial charge in [0.1, 0.15) is 0 Å². The summed E-state index contributed by atoms with van der Waals surface area (Å²) < 4.78 is 5.56. The maximum Gasteiger partial charge on any atom is 0.0842 e. The lowest BCUT2D eigenvalue weighted by atomic mass is 9.98. The third kappa shape index (κ3) is 3.59. The number of aliphatic hydroxyl groups excluding tert-OH is 1. The van der Waals surface area contributed by atoms with E-state index in [0.29, 0.717) is 16.5 Å². The summed E-state index contributed by atoms with van der Waals surface area (Å²) in [5, 5.41) is 11.4. The molecule has 0 bridgehead atoms. The minimum absolute atomic E-state index is 0.0706. The van der Waals surface area contributed by atoms with Gasteiger partial charge < -0.3 is 9.84 Å². The highest BCUT2D eigenvalue weighted by molar-refractivity contribution is 6.33. The molecule has 1 aromatic rings. The Bertz CT molecular complexity index is 376. The van der Waals surface area contributed by atoms with Crippen LogP contribution < -0.4 is 0 Å². The summed E-state index contributed by atoms with van der Waals surface area (Å²) in [5.41, 5.74) is 0.876. The Kier molecular flexibility index (Phi) is 4.69. The molecule has 1 aliphatic heterocycles. The summed E-state index contributed by atoms with van der Waals surface area (Å²) in [4.78, 5) is 0. The molecule has 1 N–H and O–H groups in total. The van der Waals surface area contributed by atoms with Crippen LogP contribution in [-0.2, 0) is 11.2 Å². The molecule has 0 aliphatic carbocycles. The lowest BCUT2D eigenvalue weighted by molar-refractivity contribution is -0.0611. The maximum absolute atomic E-state index is 10.1. The van der Waals surface area contributed by atoms with Crippen molar-refractivity contribution in [3.63, 3.8) is 0 Å². The second-order valence-corrected chi connectivity index (χ2v) is 5.26. The molecule has 17 heavy (non-hydrogen) atoms. The summed E-state index contributed by atoms with van der Waals surface area (Å²) in [6.07, 6.45) is 3.03. The van der Waals surface area contributed by atoms with Gasteiger partial charge in [-0.15, -0.1) is 0 Å². The summed E-state index contributed by atoms with van der Waals surface area (Å²) in [7, 11) is 0. The SMILES string of the molecule is OC(Cc1cc(Cl)ccc1Cl)C1CCCCO1. The van der Waals surface area contributed by atoms with Gasteiger partial charge in [0.2, 0.25) is 0 Å². The molecule has 94 valence electrons. The van der Waals surface area contributed by atoms with Crippen LogP contribution in [0.25, 0.3) is 0 Å². The van der Waals surface area contributed by atoms with E-state index >= 15 is 0 Å². The van der Waals surface area contributed by atoms with Crippen LogP contribution in [0.3, 0.4) is 0 Å². The number of benzene rings is 1. The highest BCUT2D eigenvalue weighted by Crippen LogP contribution is 2.24. The first kappa shape index (κ1) is 13.2. The number of halogens is 2. The Balaban J connectivity index is 2.01. The number of hydrogen-bond donors (Lipinski definition) is 1. The molecule has 1 heterocycles. The van der Waals surface area contributed by atoms with Gasteiger partial charge >= 0.3 is 0 Å². The van der Waals surface area contributed by atoms with Gasteiger partial charge in [0.05, 0.1) is 12.2 Å². The molecular weight excluding hydrogens is 259 g/mol. The van der Waals surface area contributed by atoms with Crippen LogP contribution in [-0.4, -0.2) is 23.9 Å². The number of hydrogen-bond acceptors (Lipinski definition) is 2. The molecule has 0 amide bonds. The van der Waals surface area contributed by atoms with E-state index in [4.69, 9.17) is 27.9 Å². The largest absolute Gasteiger partial charge is 0.390 e. The van der Waals surface area contributed by atoms with Gasteiger partial charge in [0.25, 0.3) is 0 Å². The molecule has 0 spiro atoms. The van der Waals surface area contributed by atoms with Gasteiger partial charge in [-0.2, -0.15) is 0 Å². The molecule has 1 saturated heterocycles. The molecule has 2 unspecified atom stereocenters. The lowest BCUT2D eigenvalue weighted by Crippen LogP contribution is -2.33. The molecule has 1 aliphatic rings. The average molecular weight is 275 g/mol. The standard InChI is InChI=1S/C13H16Cl2O2/c14-10-4-5-11(15)9(7-10)8-12(16)13-3-1-2-6-17-13/h4-5,7,12-13,16H,1-3,6,8H2. The van der Waals surface area contributed by atoms with Crippen LogP contribution in [0.5, 0.6) is 0 Å². The highest BCUT2D eigenvalue weighted by Gasteiger charge is 2.23. The molecule has 1 aromatic carbocycles. The molecule has 2 atom stereocenters. The minimum Gasteiger partial charge on any atom is -0.390 e. The van der Waals surface area contributed by atoms with Crippen molar-refractivity contribution in [2.45, 2.75) is 37.9 Å². The van der Waals surface area contributed by atoms with E-state index in [0.717, 1.165) is 31.4 Å². The Labute approximate surface area is 111 Å². The fourth-order valence-electron chi connectivity index (χ4n) is 2.13. The van der Waals surface area contributed by atoms with Gasteiger partial charge in [-0.25, -0.2) is 0 Å². The molecular formula is C13H16Cl2O2. The zero-order valence-electron chi connectivity index (χ0n) is 9.53. The van der Waals surface area contributed by atoms with Gasteiger partial charge in [0, 0.05) is 23.1 Å². The molecule has 0 saturated carbocycles. The molecule has 2 nitrogen and oxygen atoms in total. The van der Waals surface area contributed by atoms with E-state index in [9.17, 15) is 5.11 Å². The molecule has 0 aromatic heterocycles. The van der Waals surface area contributed by atoms with Gasteiger partial charge in [-0.05, 0) is 43.0 Å². The summed E-state index contributed by atoms with van der Waals surface area (Å²) in [6, 6.07) is 5.31. The Morgan fingerprint density at radius 2 is 2.18 bits per heavy atom. The Hall–Kier alpha value is -0.280. The summed E-state index contributed by atoms with van der Waals surface area (Å²) >= 11 is 12.0. The van der Waals surface area contributed by atoms with Gasteiger partial charge in [-0.3, -0.25) is 0 Å². The summed E-state index contributed by atoms with van der Waals surface area (Å²) in [6.45, 7) is 0.741. The quantitative estimate of drug-likeness (QED) is 0.915. The van der Waals surface area contributed by atoms with Crippen LogP contribution in [0.1, 0.15) is 24.8 Å². The van der Waals surface area contributed by atoms with Crippen molar-refractivity contribution in [1.29, 1.82) is 0 Å². The average Bonchev–Trinajstić information content (AvgIpc) is 2.35. The molecule has 0 radical (unpaired) electrons. The van der Waals surface area contributed by atoms with E-state index in [1.807, 2.05) is 0 Å². The zero-order chi connectivity index (χ0) is 12.3. The van der Waals surface area contributed by atoms with Crippen molar-refractivity contribution in [1.82, 2.24) is 0 Å². The van der Waals surface area contributed by atoms with Crippen LogP contribution in [0.2, 0.25) is 10.0 Å². The van der Waals surface area contributed by atoms with Crippen molar-refractivity contribution in [2.24, 2.45) is 0 Å². The third-order valence-electron chi connectivity index (χ3n) is 3.08. The zero-order valence-corrected chi connectivity index (χ0v) is 11.0. The fraction of sp³-hybridized carbons (Fsp3) is 0.538. The smallest absolute Gasteiger partial charge is 0.0842 e. The number of rotatable bonds is 3. The predicted octanol–water partition coefficient (Wildman–Crippen LogP) is 3.47. The fourth-order valence-corrected chi connectivity index (χ4v) is 2.51. The van der Waals surface area contributed by atoms with Crippen molar-refractivity contribution in [3.05, 3.63) is 33.8 Å². The predicted molar refractivity (Wildman–Crippen MR) is 69.8 cm³/mol. The van der Waals surface area contributed by atoms with Gasteiger partial charge in [-0.1, -0.05) is 23.2 Å². The first-order chi connectivity index (χ1) is 8.16. The first-order valence-corrected chi connectivity index (χ1v) is 6.66. The van der Waals surface area contributed by atoms with Gasteiger partial charge in [0.15, 0.2) is 0 Å². The van der Waals surface area contributed by atoms with Crippen molar-refractivity contribution in [3.8, 4) is 0 Å². The van der Waals surface area contributed by atoms with Crippen molar-refractivity contribution < 1.29 is 9.84 Å². The van der Waals surface area contributed by atoms with Crippen LogP contribution >= 0.6 is 23.2 Å². The Morgan fingerprint density at radius 3 is 2.88 bits per heavy atom. The monoisotopic (exact) mass is 274 g/mol. The highest BCUT2D eigenvalue weighted by atomic mass is 35.5. The van der Waals surface area contributed by atoms with E-state index in [1.54, 1.807) is 18.2 Å². The maximum atomic E-state index is 10.1. The Morgan fingerprint density at radius 1 is 1.35 bits per heavy atom. The normalized spacial score (nSPS) is 22.4. The second-order valence-electron chi connectivity index (χ2n) is 4.41. The molecule has 1 fully saturated rings. The second kappa shape index (κ2) is 6.05.